The highest BCUT2D eigenvalue weighted by Gasteiger charge is 2.64. The highest BCUT2D eigenvalue weighted by Crippen LogP contribution is 2.65. The lowest BCUT2D eigenvalue weighted by molar-refractivity contribution is -0.145. The molecule has 0 unspecified atom stereocenters. The standard InChI is InChI=1S/C20H24O3/c1-19-9-7-16-15-5-4-14(23-2)11-13(15)3-6-17(16)20(19,12-21)10-8-18(19)22/h4-5,11-12,16-17H,3,6-10H2,1-2H3/t16-,17-,19-,20+/m1/s1. The molecule has 0 radical (unpaired) electrons. The zero-order chi connectivity index (χ0) is 16.2. The Morgan fingerprint density at radius 3 is 2.78 bits per heavy atom. The molecule has 4 atom stereocenters. The summed E-state index contributed by atoms with van der Waals surface area (Å²) in [5.41, 5.74) is 1.87. The molecule has 23 heavy (non-hydrogen) atoms. The molecule has 3 nitrogen and oxygen atoms in total. The first-order valence-corrected chi connectivity index (χ1v) is 8.72. The van der Waals surface area contributed by atoms with Gasteiger partial charge in [0.2, 0.25) is 0 Å². The highest BCUT2D eigenvalue weighted by atomic mass is 16.5. The first-order chi connectivity index (χ1) is 11.1. The van der Waals surface area contributed by atoms with Crippen molar-refractivity contribution in [2.24, 2.45) is 16.7 Å². The molecule has 0 aliphatic heterocycles. The van der Waals surface area contributed by atoms with Gasteiger partial charge in [-0.2, -0.15) is 0 Å². The van der Waals surface area contributed by atoms with Crippen LogP contribution in [0, 0.1) is 16.7 Å². The van der Waals surface area contributed by atoms with E-state index in [1.807, 2.05) is 6.07 Å². The van der Waals surface area contributed by atoms with Gasteiger partial charge in [0, 0.05) is 17.3 Å². The number of hydrogen-bond acceptors (Lipinski definition) is 3. The fourth-order valence-electron chi connectivity index (χ4n) is 5.81. The molecule has 0 spiro atoms. The lowest BCUT2D eigenvalue weighted by Gasteiger charge is -2.54. The number of methoxy groups -OCH3 is 1. The van der Waals surface area contributed by atoms with Crippen LogP contribution in [0.15, 0.2) is 18.2 Å². The average molecular weight is 312 g/mol. The molecule has 0 heterocycles. The molecule has 4 rings (SSSR count). The van der Waals surface area contributed by atoms with Crippen molar-refractivity contribution in [2.45, 2.75) is 51.4 Å². The third-order valence-electron chi connectivity index (χ3n) is 7.20. The minimum Gasteiger partial charge on any atom is -0.497 e. The van der Waals surface area contributed by atoms with Crippen LogP contribution in [0.4, 0.5) is 0 Å². The van der Waals surface area contributed by atoms with Crippen LogP contribution < -0.4 is 4.74 Å². The van der Waals surface area contributed by atoms with Gasteiger partial charge in [-0.1, -0.05) is 13.0 Å². The van der Waals surface area contributed by atoms with Gasteiger partial charge in [0.05, 0.1) is 7.11 Å². The van der Waals surface area contributed by atoms with E-state index in [2.05, 4.69) is 19.1 Å². The van der Waals surface area contributed by atoms with Crippen molar-refractivity contribution >= 4 is 12.1 Å². The molecule has 0 aromatic heterocycles. The van der Waals surface area contributed by atoms with Crippen LogP contribution >= 0.6 is 0 Å². The normalized spacial score (nSPS) is 38.4. The first kappa shape index (κ1) is 14.9. The lowest BCUT2D eigenvalue weighted by atomic mass is 9.48. The molecule has 1 aromatic carbocycles. The average Bonchev–Trinajstić information content (AvgIpc) is 2.86. The fraction of sp³-hybridized carbons (Fsp3) is 0.600. The Morgan fingerprint density at radius 1 is 1.22 bits per heavy atom. The largest absolute Gasteiger partial charge is 0.497 e. The van der Waals surface area contributed by atoms with Gasteiger partial charge in [-0.25, -0.2) is 0 Å². The molecule has 0 N–H and O–H groups in total. The van der Waals surface area contributed by atoms with Crippen LogP contribution in [-0.4, -0.2) is 19.2 Å². The molecule has 1 aromatic rings. The Bertz CT molecular complexity index is 679. The van der Waals surface area contributed by atoms with E-state index in [4.69, 9.17) is 4.74 Å². The number of Topliss-reactive ketones (excluding diaryl/α,β-unsaturated/α-hetero) is 1. The number of ketones is 1. The molecule has 122 valence electrons. The maximum Gasteiger partial charge on any atom is 0.139 e. The van der Waals surface area contributed by atoms with Crippen molar-refractivity contribution < 1.29 is 14.3 Å². The molecule has 0 amide bonds. The van der Waals surface area contributed by atoms with Gasteiger partial charge in [-0.15, -0.1) is 0 Å². The van der Waals surface area contributed by atoms with Crippen molar-refractivity contribution in [3.05, 3.63) is 29.3 Å². The summed E-state index contributed by atoms with van der Waals surface area (Å²) in [6.45, 7) is 2.05. The Morgan fingerprint density at radius 2 is 2.04 bits per heavy atom. The number of aldehydes is 1. The van der Waals surface area contributed by atoms with Gasteiger partial charge in [-0.3, -0.25) is 4.79 Å². The third kappa shape index (κ3) is 1.76. The maximum atomic E-state index is 12.5. The summed E-state index contributed by atoms with van der Waals surface area (Å²) in [6.07, 6.45) is 6.33. The number of rotatable bonds is 2. The number of aryl methyl sites for hydroxylation is 1. The summed E-state index contributed by atoms with van der Waals surface area (Å²) < 4.78 is 5.36. The van der Waals surface area contributed by atoms with Crippen molar-refractivity contribution in [3.8, 4) is 5.75 Å². The minimum atomic E-state index is -0.440. The fourth-order valence-corrected chi connectivity index (χ4v) is 5.81. The SMILES string of the molecule is COc1ccc2c(c1)CC[C@@H]1[C@@H]2CC[C@]2(C)C(=O)CC[C@]12C=O. The van der Waals surface area contributed by atoms with Gasteiger partial charge in [0.25, 0.3) is 0 Å². The topological polar surface area (TPSA) is 43.4 Å². The summed E-state index contributed by atoms with van der Waals surface area (Å²) in [4.78, 5) is 24.7. The van der Waals surface area contributed by atoms with Crippen molar-refractivity contribution in [1.29, 1.82) is 0 Å². The molecular weight excluding hydrogens is 288 g/mol. The zero-order valence-corrected chi connectivity index (χ0v) is 13.9. The first-order valence-electron chi connectivity index (χ1n) is 8.72. The Kier molecular flexibility index (Phi) is 3.20. The maximum absolute atomic E-state index is 12.5. The number of hydrogen-bond donors (Lipinski definition) is 0. The summed E-state index contributed by atoms with van der Waals surface area (Å²) in [6, 6.07) is 6.36. The lowest BCUT2D eigenvalue weighted by Crippen LogP contribution is -2.52. The second-order valence-electron chi connectivity index (χ2n) is 7.77. The molecule has 2 saturated carbocycles. The Labute approximate surface area is 137 Å². The molecule has 0 bridgehead atoms. The van der Waals surface area contributed by atoms with Crippen LogP contribution in [-0.2, 0) is 16.0 Å². The van der Waals surface area contributed by atoms with Gasteiger partial charge >= 0.3 is 0 Å². The highest BCUT2D eigenvalue weighted by molar-refractivity contribution is 5.93. The predicted octanol–water partition coefficient (Wildman–Crippen LogP) is 3.69. The molecule has 3 aliphatic carbocycles. The van der Waals surface area contributed by atoms with E-state index >= 15 is 0 Å². The number of fused-ring (bicyclic) bond motifs is 5. The summed E-state index contributed by atoms with van der Waals surface area (Å²) in [5.74, 6) is 1.94. The van der Waals surface area contributed by atoms with E-state index in [1.165, 1.54) is 11.1 Å². The van der Waals surface area contributed by atoms with Gasteiger partial charge in [-0.05, 0) is 67.2 Å². The van der Waals surface area contributed by atoms with Crippen LogP contribution in [0.5, 0.6) is 5.75 Å². The molecule has 3 heteroatoms. The van der Waals surface area contributed by atoms with Gasteiger partial charge < -0.3 is 9.53 Å². The summed E-state index contributed by atoms with van der Waals surface area (Å²) >= 11 is 0. The van der Waals surface area contributed by atoms with E-state index in [0.717, 1.165) is 44.1 Å². The van der Waals surface area contributed by atoms with Crippen LogP contribution in [0.3, 0.4) is 0 Å². The number of carbonyl (C=O) groups excluding carboxylic acids is 2. The zero-order valence-electron chi connectivity index (χ0n) is 13.9. The van der Waals surface area contributed by atoms with Crippen LogP contribution in [0.2, 0.25) is 0 Å². The van der Waals surface area contributed by atoms with Crippen LogP contribution in [0.1, 0.15) is 56.1 Å². The van der Waals surface area contributed by atoms with E-state index < -0.39 is 10.8 Å². The molecule has 3 aliphatic rings. The molecular formula is C20H24O3. The quantitative estimate of drug-likeness (QED) is 0.782. The number of carbonyl (C=O) groups is 2. The van der Waals surface area contributed by atoms with E-state index in [1.54, 1.807) is 7.11 Å². The monoisotopic (exact) mass is 312 g/mol. The van der Waals surface area contributed by atoms with Crippen LogP contribution in [0.25, 0.3) is 0 Å². The number of ether oxygens (including phenoxy) is 1. The number of benzene rings is 1. The van der Waals surface area contributed by atoms with Crippen molar-refractivity contribution in [3.63, 3.8) is 0 Å². The molecule has 0 saturated heterocycles. The van der Waals surface area contributed by atoms with E-state index in [0.29, 0.717) is 24.0 Å². The second kappa shape index (κ2) is 4.93. The van der Waals surface area contributed by atoms with Gasteiger partial charge in [0.15, 0.2) is 0 Å². The van der Waals surface area contributed by atoms with Crippen molar-refractivity contribution in [2.75, 3.05) is 7.11 Å². The predicted molar refractivity (Wildman–Crippen MR) is 87.6 cm³/mol. The minimum absolute atomic E-state index is 0.309. The van der Waals surface area contributed by atoms with Gasteiger partial charge in [0.1, 0.15) is 17.8 Å². The van der Waals surface area contributed by atoms with E-state index in [9.17, 15) is 9.59 Å². The smallest absolute Gasteiger partial charge is 0.139 e. The van der Waals surface area contributed by atoms with E-state index in [-0.39, 0.29) is 0 Å². The summed E-state index contributed by atoms with van der Waals surface area (Å²) in [5, 5.41) is 0. The second-order valence-corrected chi connectivity index (χ2v) is 7.77. The van der Waals surface area contributed by atoms with Crippen molar-refractivity contribution in [1.82, 2.24) is 0 Å². The Hall–Kier alpha value is -1.64. The third-order valence-corrected chi connectivity index (χ3v) is 7.20. The molecule has 2 fully saturated rings. The summed E-state index contributed by atoms with van der Waals surface area (Å²) in [7, 11) is 1.70. The Balaban J connectivity index is 1.79.